The maximum atomic E-state index is 14.2. The molecule has 0 bridgehead atoms. The SMILES string of the molecule is O=C1C(=O)/C(=C2/CCCC3C2=Nc2c3cc3c4c(cccc24)-c2ccccc2-3)C(O)=C1C1=C2Cc3c(cc4c5c(cccc35)-c3ccccc3-4)C2CCC1.O=C1C(=O)/C(=C2/N=C(c3ccccc3)C=C2c2ccccc2)C([O-])=C1c1[nH]c(-c2ccccc2)cc1-c1ccccc1. The molecule has 2 unspecified atom stereocenters. The number of rotatable bonds is 6. The van der Waals surface area contributed by atoms with Gasteiger partial charge in [0.15, 0.2) is 0 Å². The molecule has 0 saturated heterocycles. The zero-order chi connectivity index (χ0) is 64.2. The Labute approximate surface area is 552 Å². The molecule has 96 heavy (non-hydrogen) atoms. The number of carbonyl (C=O) groups is 4. The predicted molar refractivity (Wildman–Crippen MR) is 377 cm³/mol. The Kier molecular flexibility index (Phi) is 12.4. The molecule has 0 amide bonds. The summed E-state index contributed by atoms with van der Waals surface area (Å²) in [5.74, 6) is -3.37. The van der Waals surface area contributed by atoms with E-state index in [1.807, 2.05) is 133 Å². The number of aliphatic hydroxyl groups is 1. The van der Waals surface area contributed by atoms with E-state index in [4.69, 9.17) is 9.98 Å². The summed E-state index contributed by atoms with van der Waals surface area (Å²) in [6.45, 7) is 0. The van der Waals surface area contributed by atoms with E-state index >= 15 is 0 Å². The number of H-pyrrole nitrogens is 1. The van der Waals surface area contributed by atoms with E-state index in [0.29, 0.717) is 35.4 Å². The lowest BCUT2D eigenvalue weighted by atomic mass is 9.78. The van der Waals surface area contributed by atoms with Crippen LogP contribution in [-0.4, -0.2) is 44.6 Å². The van der Waals surface area contributed by atoms with Crippen LogP contribution in [0.25, 0.3) is 99.6 Å². The normalized spacial score (nSPS) is 20.0. The number of Topliss-reactive ketones (excluding diaryl/α,β-unsaturated/α-hetero) is 4. The molecule has 2 aliphatic heterocycles. The second kappa shape index (κ2) is 21.3. The molecule has 7 aliphatic carbocycles. The van der Waals surface area contributed by atoms with E-state index in [-0.39, 0.29) is 45.6 Å². The summed E-state index contributed by atoms with van der Waals surface area (Å²) < 4.78 is 0. The highest BCUT2D eigenvalue weighted by atomic mass is 16.3. The zero-order valence-electron chi connectivity index (χ0n) is 51.9. The Bertz CT molecular complexity index is 5690. The van der Waals surface area contributed by atoms with E-state index in [1.54, 1.807) is 0 Å². The van der Waals surface area contributed by atoms with Crippen molar-refractivity contribution >= 4 is 72.9 Å². The standard InChI is InChI=1S/C50H33NO3.C37H24N2O3/c52-48-44(32-17-5-13-28-36(32)21-38-31-16-6-14-29-24-9-1-3-11-26(24)39(42(29)31)22-37(28)38)49(53)50(54)45(48)35-20-8-18-33-41-23-40-27-12-4-2-10-25(27)30-15-7-19-34(43(30)40)47(41)51-46(33)35;40-35-31(33-27(23-13-5-1-6-14-23)21-29(38-33)25-17-9-3-10-18-25)36(41)37(42)32(35)34-28(24-15-7-2-8-16-24)22-30(39-34)26-19-11-4-12-20-26/h1-4,6-7,9-12,14-16,19,22-23,28,33,52H,5,8,13,17-18,20-21H2;1-22,38,40H/p-1/b45-35-;34-32+. The summed E-state index contributed by atoms with van der Waals surface area (Å²) in [4.78, 5) is 69.2. The molecule has 9 heteroatoms. The van der Waals surface area contributed by atoms with Crippen molar-refractivity contribution in [3.05, 3.63) is 315 Å². The van der Waals surface area contributed by atoms with Crippen LogP contribution in [-0.2, 0) is 25.6 Å². The van der Waals surface area contributed by atoms with Crippen molar-refractivity contribution < 1.29 is 29.4 Å². The largest absolute Gasteiger partial charge is 0.871 e. The quantitative estimate of drug-likeness (QED) is 0.125. The fraction of sp³-hybridized carbons (Fsp3) is 0.103. The first kappa shape index (κ1) is 55.7. The van der Waals surface area contributed by atoms with Crippen LogP contribution in [0.3, 0.4) is 0 Å². The third-order valence-electron chi connectivity index (χ3n) is 21.4. The number of fused-ring (bicyclic) bond motifs is 14. The molecule has 1 aromatic heterocycles. The summed E-state index contributed by atoms with van der Waals surface area (Å²) in [5.41, 5.74) is 25.3. The highest BCUT2D eigenvalue weighted by Crippen LogP contribution is 2.59. The van der Waals surface area contributed by atoms with Gasteiger partial charge in [0.05, 0.1) is 39.6 Å². The second-order valence-corrected chi connectivity index (χ2v) is 26.3. The van der Waals surface area contributed by atoms with E-state index in [9.17, 15) is 29.4 Å². The Morgan fingerprint density at radius 3 is 1.60 bits per heavy atom. The number of nitrogens with zero attached hydrogens (tertiary/aromatic N) is 2. The monoisotopic (exact) mass is 1240 g/mol. The van der Waals surface area contributed by atoms with Gasteiger partial charge in [0.1, 0.15) is 5.76 Å². The molecule has 20 rings (SSSR count). The van der Waals surface area contributed by atoms with E-state index < -0.39 is 28.9 Å². The molecule has 0 spiro atoms. The van der Waals surface area contributed by atoms with Gasteiger partial charge in [-0.15, -0.1) is 0 Å². The summed E-state index contributed by atoms with van der Waals surface area (Å²) in [7, 11) is 0. The molecule has 2 atom stereocenters. The van der Waals surface area contributed by atoms with Crippen molar-refractivity contribution in [3.63, 3.8) is 0 Å². The van der Waals surface area contributed by atoms with E-state index in [2.05, 4.69) is 102 Å². The van der Waals surface area contributed by atoms with Gasteiger partial charge in [0, 0.05) is 50.8 Å². The molecule has 9 nitrogen and oxygen atoms in total. The molecule has 0 radical (unpaired) electrons. The van der Waals surface area contributed by atoms with Crippen molar-refractivity contribution in [2.24, 2.45) is 9.98 Å². The van der Waals surface area contributed by atoms with Crippen molar-refractivity contribution in [3.8, 4) is 66.9 Å². The molecule has 10 aromatic carbocycles. The average molecular weight is 1240 g/mol. The number of nitrogens with one attached hydrogen (secondary N) is 1. The van der Waals surface area contributed by atoms with Gasteiger partial charge in [-0.05, 0) is 174 Å². The second-order valence-electron chi connectivity index (χ2n) is 26.3. The lowest BCUT2D eigenvalue weighted by molar-refractivity contribution is -0.294. The van der Waals surface area contributed by atoms with Crippen molar-refractivity contribution in [1.82, 2.24) is 4.98 Å². The highest BCUT2D eigenvalue weighted by molar-refractivity contribution is 6.63. The van der Waals surface area contributed by atoms with Gasteiger partial charge < -0.3 is 15.2 Å². The van der Waals surface area contributed by atoms with Crippen LogP contribution < -0.4 is 5.11 Å². The summed E-state index contributed by atoms with van der Waals surface area (Å²) in [6, 6.07) is 75.3. The predicted octanol–water partition coefficient (Wildman–Crippen LogP) is 18.1. The fourth-order valence-electron chi connectivity index (χ4n) is 17.2. The van der Waals surface area contributed by atoms with Crippen molar-refractivity contribution in [2.75, 3.05) is 0 Å². The number of ketones is 4. The minimum absolute atomic E-state index is 0.0227. The number of hydrogen-bond donors (Lipinski definition) is 2. The molecule has 456 valence electrons. The maximum Gasteiger partial charge on any atom is 0.237 e. The van der Waals surface area contributed by atoms with E-state index in [0.717, 1.165) is 88.0 Å². The van der Waals surface area contributed by atoms with Crippen LogP contribution in [0.4, 0.5) is 5.69 Å². The van der Waals surface area contributed by atoms with Gasteiger partial charge in [0.25, 0.3) is 0 Å². The molecule has 11 aromatic rings. The first-order valence-corrected chi connectivity index (χ1v) is 33.1. The fourth-order valence-corrected chi connectivity index (χ4v) is 17.2. The Morgan fingerprint density at radius 2 is 0.948 bits per heavy atom. The van der Waals surface area contributed by atoms with Crippen molar-refractivity contribution in [1.29, 1.82) is 0 Å². The molecular formula is C87H56N3O6-. The van der Waals surface area contributed by atoms with Crippen LogP contribution in [0, 0.1) is 0 Å². The average Bonchev–Trinajstić information content (AvgIpc) is 1.56. The van der Waals surface area contributed by atoms with Crippen LogP contribution in [0.15, 0.2) is 291 Å². The number of aromatic amines is 1. The molecular weight excluding hydrogens is 1180 g/mol. The Morgan fingerprint density at radius 1 is 0.438 bits per heavy atom. The highest BCUT2D eigenvalue weighted by Gasteiger charge is 2.47. The number of benzene rings is 10. The van der Waals surface area contributed by atoms with E-state index in [1.165, 1.54) is 82.9 Å². The lowest BCUT2D eigenvalue weighted by Gasteiger charge is -2.25. The number of aliphatic hydroxyl groups excluding tert-OH is 1. The molecule has 1 fully saturated rings. The number of aromatic nitrogens is 1. The minimum atomic E-state index is -0.847. The summed E-state index contributed by atoms with van der Waals surface area (Å²) in [5, 5.41) is 31.4. The van der Waals surface area contributed by atoms with Crippen LogP contribution in [0.2, 0.25) is 0 Å². The molecule has 9 aliphatic rings. The molecule has 3 heterocycles. The van der Waals surface area contributed by atoms with Crippen LogP contribution in [0.5, 0.6) is 0 Å². The van der Waals surface area contributed by atoms with Gasteiger partial charge in [-0.2, -0.15) is 0 Å². The minimum Gasteiger partial charge on any atom is -0.871 e. The number of allylic oxidation sites excluding steroid dienone is 9. The van der Waals surface area contributed by atoms with Gasteiger partial charge in [0.2, 0.25) is 23.1 Å². The van der Waals surface area contributed by atoms with Gasteiger partial charge in [-0.3, -0.25) is 24.2 Å². The van der Waals surface area contributed by atoms with Gasteiger partial charge >= 0.3 is 0 Å². The van der Waals surface area contributed by atoms with Crippen LogP contribution >= 0.6 is 0 Å². The molecule has 1 saturated carbocycles. The number of carbonyl (C=O) groups excluding carboxylic acids is 4. The lowest BCUT2D eigenvalue weighted by Crippen LogP contribution is -2.22. The smallest absolute Gasteiger partial charge is 0.237 e. The maximum absolute atomic E-state index is 14.2. The molecule has 2 N–H and O–H groups in total. The summed E-state index contributed by atoms with van der Waals surface area (Å²) >= 11 is 0. The topological polar surface area (TPSA) is 152 Å². The zero-order valence-corrected chi connectivity index (χ0v) is 51.9. The summed E-state index contributed by atoms with van der Waals surface area (Å²) in [6.07, 6.45) is 7.60. The Balaban J connectivity index is 0.000000140. The first-order chi connectivity index (χ1) is 47.2. The number of hydrogen-bond acceptors (Lipinski definition) is 8. The Hall–Kier alpha value is -11.9. The third-order valence-corrected chi connectivity index (χ3v) is 21.4. The van der Waals surface area contributed by atoms with Gasteiger partial charge in [-0.25, -0.2) is 4.99 Å². The third kappa shape index (κ3) is 8.10. The van der Waals surface area contributed by atoms with Crippen LogP contribution in [0.1, 0.15) is 83.9 Å². The number of aliphatic imine (C=N–C) groups is 2. The van der Waals surface area contributed by atoms with Gasteiger partial charge in [-0.1, -0.05) is 218 Å². The first-order valence-electron chi connectivity index (χ1n) is 33.1. The van der Waals surface area contributed by atoms with Crippen molar-refractivity contribution in [2.45, 2.75) is 56.8 Å².